The second-order valence-corrected chi connectivity index (χ2v) is 12.2. The molecule has 6 nitrogen and oxygen atoms in total. The van der Waals surface area contributed by atoms with Gasteiger partial charge in [-0.15, -0.1) is 0 Å². The molecule has 1 unspecified atom stereocenters. The zero-order valence-electron chi connectivity index (χ0n) is 23.3. The number of hydrogen-bond acceptors (Lipinski definition) is 6. The van der Waals surface area contributed by atoms with Gasteiger partial charge in [0.05, 0.1) is 39.0 Å². The van der Waals surface area contributed by atoms with Crippen molar-refractivity contribution in [1.29, 1.82) is 0 Å². The standard InChI is InChI=1S/C30H46O6/c1-19-22(28(31)34-7)12-13-23-27(19)24(35-17-20-8-10-21(33-6)11-9-20)16-25-29(2,3)26(36-18-32-5)14-15-30(23,25)4/h8-11,19,22-27H,12-18H2,1-7H3/t19-,22?,23-,24-,25-,26-,27-,30+/m0/s1. The van der Waals surface area contributed by atoms with Crippen LogP contribution < -0.4 is 4.74 Å². The number of esters is 1. The van der Waals surface area contributed by atoms with Gasteiger partial charge >= 0.3 is 5.97 Å². The van der Waals surface area contributed by atoms with Gasteiger partial charge < -0.3 is 23.7 Å². The van der Waals surface area contributed by atoms with Crippen LogP contribution in [0.15, 0.2) is 24.3 Å². The number of benzene rings is 1. The Hall–Kier alpha value is -1.63. The Morgan fingerprint density at radius 1 is 1.00 bits per heavy atom. The Morgan fingerprint density at radius 2 is 1.72 bits per heavy atom. The average molecular weight is 503 g/mol. The average Bonchev–Trinajstić information content (AvgIpc) is 2.87. The van der Waals surface area contributed by atoms with E-state index in [4.69, 9.17) is 23.7 Å². The molecule has 0 radical (unpaired) electrons. The minimum atomic E-state index is -0.0702. The number of carbonyl (C=O) groups excluding carboxylic acids is 1. The van der Waals surface area contributed by atoms with Crippen molar-refractivity contribution in [3.63, 3.8) is 0 Å². The second kappa shape index (κ2) is 11.0. The molecule has 8 atom stereocenters. The fraction of sp³-hybridized carbons (Fsp3) is 0.767. The van der Waals surface area contributed by atoms with Gasteiger partial charge in [-0.3, -0.25) is 4.79 Å². The molecule has 0 spiro atoms. The molecule has 36 heavy (non-hydrogen) atoms. The van der Waals surface area contributed by atoms with E-state index in [1.165, 1.54) is 7.11 Å². The molecule has 3 fully saturated rings. The summed E-state index contributed by atoms with van der Waals surface area (Å²) < 4.78 is 28.8. The van der Waals surface area contributed by atoms with E-state index in [1.807, 2.05) is 12.1 Å². The zero-order chi connectivity index (χ0) is 26.1. The molecule has 0 amide bonds. The molecule has 0 aromatic heterocycles. The van der Waals surface area contributed by atoms with Crippen molar-refractivity contribution in [2.45, 2.75) is 78.6 Å². The molecule has 3 aliphatic carbocycles. The van der Waals surface area contributed by atoms with Crippen molar-refractivity contribution in [1.82, 2.24) is 0 Å². The number of fused-ring (bicyclic) bond motifs is 3. The molecule has 202 valence electrons. The molecule has 1 aromatic rings. The number of hydrogen-bond donors (Lipinski definition) is 0. The largest absolute Gasteiger partial charge is 0.497 e. The summed E-state index contributed by atoms with van der Waals surface area (Å²) >= 11 is 0. The Bertz CT molecular complexity index is 882. The summed E-state index contributed by atoms with van der Waals surface area (Å²) in [6.07, 6.45) is 5.34. The van der Waals surface area contributed by atoms with E-state index in [0.717, 1.165) is 43.4 Å². The highest BCUT2D eigenvalue weighted by Gasteiger charge is 2.62. The fourth-order valence-electron chi connectivity index (χ4n) is 8.32. The number of rotatable bonds is 8. The lowest BCUT2D eigenvalue weighted by molar-refractivity contribution is -0.232. The third-order valence-corrected chi connectivity index (χ3v) is 10.2. The molecular formula is C30H46O6. The second-order valence-electron chi connectivity index (χ2n) is 12.2. The molecule has 0 saturated heterocycles. The first kappa shape index (κ1) is 27.4. The molecule has 0 heterocycles. The smallest absolute Gasteiger partial charge is 0.308 e. The molecule has 3 saturated carbocycles. The van der Waals surface area contributed by atoms with Crippen LogP contribution in [0, 0.1) is 40.4 Å². The molecule has 1 aromatic carbocycles. The summed E-state index contributed by atoms with van der Waals surface area (Å²) in [6, 6.07) is 8.11. The maximum atomic E-state index is 12.7. The molecule has 3 aliphatic rings. The first-order valence-corrected chi connectivity index (χ1v) is 13.6. The van der Waals surface area contributed by atoms with Crippen molar-refractivity contribution in [3.8, 4) is 5.75 Å². The predicted molar refractivity (Wildman–Crippen MR) is 138 cm³/mol. The highest BCUT2D eigenvalue weighted by molar-refractivity contribution is 5.72. The Balaban J connectivity index is 1.63. The summed E-state index contributed by atoms with van der Waals surface area (Å²) in [6.45, 7) is 10.4. The van der Waals surface area contributed by atoms with Crippen LogP contribution in [0.3, 0.4) is 0 Å². The Morgan fingerprint density at radius 3 is 2.36 bits per heavy atom. The van der Waals surface area contributed by atoms with Gasteiger partial charge in [-0.1, -0.05) is 39.8 Å². The van der Waals surface area contributed by atoms with Crippen LogP contribution in [-0.2, 0) is 30.3 Å². The highest BCUT2D eigenvalue weighted by atomic mass is 16.7. The highest BCUT2D eigenvalue weighted by Crippen LogP contribution is 2.65. The van der Waals surface area contributed by atoms with E-state index in [9.17, 15) is 4.79 Å². The van der Waals surface area contributed by atoms with Crippen LogP contribution in [0.4, 0.5) is 0 Å². The van der Waals surface area contributed by atoms with E-state index < -0.39 is 0 Å². The van der Waals surface area contributed by atoms with Crippen molar-refractivity contribution in [2.24, 2.45) is 40.4 Å². The quantitative estimate of drug-likeness (QED) is 0.327. The van der Waals surface area contributed by atoms with Crippen LogP contribution in [0.5, 0.6) is 5.75 Å². The minimum absolute atomic E-state index is 0.000654. The molecule has 0 aliphatic heterocycles. The van der Waals surface area contributed by atoms with Gasteiger partial charge in [-0.25, -0.2) is 0 Å². The van der Waals surface area contributed by atoms with Gasteiger partial charge in [-0.05, 0) is 84.3 Å². The molecule has 0 N–H and O–H groups in total. The van der Waals surface area contributed by atoms with Crippen LogP contribution in [-0.4, -0.2) is 46.3 Å². The predicted octanol–water partition coefficient (Wildman–Crippen LogP) is 5.87. The van der Waals surface area contributed by atoms with Crippen LogP contribution in [0.25, 0.3) is 0 Å². The number of methoxy groups -OCH3 is 3. The topological polar surface area (TPSA) is 63.2 Å². The lowest BCUT2D eigenvalue weighted by atomic mass is 9.42. The van der Waals surface area contributed by atoms with Gasteiger partial charge in [0.25, 0.3) is 0 Å². The van der Waals surface area contributed by atoms with Gasteiger partial charge in [0.15, 0.2) is 0 Å². The maximum Gasteiger partial charge on any atom is 0.308 e. The third kappa shape index (κ3) is 4.93. The summed E-state index contributed by atoms with van der Waals surface area (Å²) in [4.78, 5) is 12.7. The lowest BCUT2D eigenvalue weighted by Crippen LogP contribution is -2.62. The number of ether oxygens (including phenoxy) is 5. The first-order chi connectivity index (χ1) is 17.2. The minimum Gasteiger partial charge on any atom is -0.497 e. The third-order valence-electron chi connectivity index (χ3n) is 10.2. The van der Waals surface area contributed by atoms with Gasteiger partial charge in [0.2, 0.25) is 0 Å². The van der Waals surface area contributed by atoms with Crippen LogP contribution in [0.2, 0.25) is 0 Å². The van der Waals surface area contributed by atoms with Gasteiger partial charge in [0, 0.05) is 7.11 Å². The summed E-state index contributed by atoms with van der Waals surface area (Å²) in [5, 5.41) is 0. The van der Waals surface area contributed by atoms with E-state index in [0.29, 0.717) is 31.2 Å². The van der Waals surface area contributed by atoms with E-state index in [1.54, 1.807) is 14.2 Å². The Labute approximate surface area is 217 Å². The zero-order valence-corrected chi connectivity index (χ0v) is 23.3. The van der Waals surface area contributed by atoms with E-state index in [2.05, 4.69) is 39.8 Å². The van der Waals surface area contributed by atoms with Crippen molar-refractivity contribution < 1.29 is 28.5 Å². The van der Waals surface area contributed by atoms with Crippen LogP contribution in [0.1, 0.15) is 65.4 Å². The maximum absolute atomic E-state index is 12.7. The first-order valence-electron chi connectivity index (χ1n) is 13.6. The summed E-state index contributed by atoms with van der Waals surface area (Å²) in [5.74, 6) is 2.24. The van der Waals surface area contributed by atoms with Gasteiger partial charge in [-0.2, -0.15) is 0 Å². The van der Waals surface area contributed by atoms with E-state index in [-0.39, 0.29) is 40.8 Å². The van der Waals surface area contributed by atoms with Crippen molar-refractivity contribution in [3.05, 3.63) is 29.8 Å². The normalized spacial score (nSPS) is 37.5. The van der Waals surface area contributed by atoms with Crippen molar-refractivity contribution in [2.75, 3.05) is 28.1 Å². The van der Waals surface area contributed by atoms with Crippen LogP contribution >= 0.6 is 0 Å². The molecular weight excluding hydrogens is 456 g/mol. The molecule has 4 rings (SSSR count). The fourth-order valence-corrected chi connectivity index (χ4v) is 8.32. The number of carbonyl (C=O) groups is 1. The lowest BCUT2D eigenvalue weighted by Gasteiger charge is -2.65. The molecule has 0 bridgehead atoms. The SMILES string of the molecule is COCO[C@H]1CC[C@]2(C)[C@H]3CCC(C(=O)OC)[C@H](C)[C@@H]3[C@@H](OCc3ccc(OC)cc3)C[C@H]2C1(C)C. The van der Waals surface area contributed by atoms with Crippen molar-refractivity contribution >= 4 is 5.97 Å². The molecule has 6 heteroatoms. The van der Waals surface area contributed by atoms with E-state index >= 15 is 0 Å². The monoisotopic (exact) mass is 502 g/mol. The summed E-state index contributed by atoms with van der Waals surface area (Å²) in [5.41, 5.74) is 1.33. The Kier molecular flexibility index (Phi) is 8.38. The summed E-state index contributed by atoms with van der Waals surface area (Å²) in [7, 11) is 4.89. The van der Waals surface area contributed by atoms with Gasteiger partial charge in [0.1, 0.15) is 12.5 Å².